The molecular formula is C19H20F2N6O3. The van der Waals surface area contributed by atoms with Gasteiger partial charge >= 0.3 is 5.92 Å². The number of aromatic nitrogens is 4. The van der Waals surface area contributed by atoms with E-state index in [4.69, 9.17) is 9.15 Å². The second-order valence-corrected chi connectivity index (χ2v) is 6.61. The van der Waals surface area contributed by atoms with Crippen LogP contribution in [0.1, 0.15) is 37.0 Å². The monoisotopic (exact) mass is 418 g/mol. The van der Waals surface area contributed by atoms with Crippen LogP contribution in [0.5, 0.6) is 5.75 Å². The molecule has 0 aliphatic rings. The summed E-state index contributed by atoms with van der Waals surface area (Å²) in [6.45, 7) is 5.42. The van der Waals surface area contributed by atoms with Gasteiger partial charge in [-0.15, -0.1) is 0 Å². The lowest BCUT2D eigenvalue weighted by atomic mass is 10.3. The van der Waals surface area contributed by atoms with Gasteiger partial charge in [-0.05, 0) is 6.92 Å². The van der Waals surface area contributed by atoms with Gasteiger partial charge in [0.25, 0.3) is 0 Å². The highest BCUT2D eigenvalue weighted by Gasteiger charge is 2.29. The highest BCUT2D eigenvalue weighted by molar-refractivity contribution is 5.88. The number of hydrogen-bond acceptors (Lipinski definition) is 8. The van der Waals surface area contributed by atoms with E-state index in [0.717, 1.165) is 6.92 Å². The molecule has 3 aromatic rings. The molecule has 30 heavy (non-hydrogen) atoms. The number of nitrogens with zero attached hydrogens (tertiary/aromatic N) is 4. The number of rotatable bonds is 7. The van der Waals surface area contributed by atoms with Crippen LogP contribution in [0.3, 0.4) is 0 Å². The van der Waals surface area contributed by atoms with Gasteiger partial charge in [-0.25, -0.2) is 19.9 Å². The highest BCUT2D eigenvalue weighted by atomic mass is 19.3. The van der Waals surface area contributed by atoms with Crippen LogP contribution in [0.2, 0.25) is 0 Å². The molecule has 3 aromatic heterocycles. The molecule has 0 bridgehead atoms. The fraction of sp³-hybridized carbons (Fsp3) is 0.316. The van der Waals surface area contributed by atoms with Crippen LogP contribution in [0.25, 0.3) is 0 Å². The third kappa shape index (κ3) is 5.46. The van der Waals surface area contributed by atoms with Gasteiger partial charge in [0.1, 0.15) is 18.2 Å². The predicted octanol–water partition coefficient (Wildman–Crippen LogP) is 3.87. The molecule has 3 heterocycles. The first kappa shape index (κ1) is 21.1. The van der Waals surface area contributed by atoms with E-state index >= 15 is 0 Å². The zero-order chi connectivity index (χ0) is 21.9. The molecular weight excluding hydrogens is 398 g/mol. The highest BCUT2D eigenvalue weighted by Crippen LogP contribution is 2.31. The van der Waals surface area contributed by atoms with E-state index < -0.39 is 11.7 Å². The summed E-state index contributed by atoms with van der Waals surface area (Å²) < 4.78 is 38.5. The van der Waals surface area contributed by atoms with E-state index in [1.165, 1.54) is 31.5 Å². The number of nitrogens with one attached hydrogen (secondary N) is 2. The summed E-state index contributed by atoms with van der Waals surface area (Å²) in [6.07, 6.45) is 2.92. The van der Waals surface area contributed by atoms with Gasteiger partial charge in [-0.2, -0.15) is 8.78 Å². The van der Waals surface area contributed by atoms with Crippen molar-refractivity contribution in [2.24, 2.45) is 0 Å². The summed E-state index contributed by atoms with van der Waals surface area (Å²) in [7, 11) is 0. The van der Waals surface area contributed by atoms with E-state index in [9.17, 15) is 13.6 Å². The van der Waals surface area contributed by atoms with Gasteiger partial charge in [-0.1, -0.05) is 0 Å². The normalized spacial score (nSPS) is 11.3. The SMILES string of the molecule is CC(=O)Nc1cc(Nc2cc(C)nc(C(C)(F)F)n2)c(OCc2cnc(C)o2)cn1. The maximum absolute atomic E-state index is 13.7. The number of carbonyl (C=O) groups is 1. The second kappa shape index (κ2) is 8.39. The largest absolute Gasteiger partial charge is 0.482 e. The Labute approximate surface area is 170 Å². The number of anilines is 3. The van der Waals surface area contributed by atoms with E-state index in [-0.39, 0.29) is 24.1 Å². The molecule has 0 radical (unpaired) electrons. The standard InChI is InChI=1S/C19H20F2N6O3/c1-10-5-17(27-18(24-10)19(4,20)21)26-14-6-16(25-11(2)28)23-8-15(14)29-9-13-7-22-12(3)30-13/h5-8H,9H2,1-4H3,(H2,23,24,25,26,27,28). The van der Waals surface area contributed by atoms with Crippen molar-refractivity contribution in [2.45, 2.75) is 40.2 Å². The zero-order valence-electron chi connectivity index (χ0n) is 16.8. The zero-order valence-corrected chi connectivity index (χ0v) is 16.8. The molecule has 0 saturated heterocycles. The average molecular weight is 418 g/mol. The number of ether oxygens (including phenoxy) is 1. The number of carbonyl (C=O) groups excluding carboxylic acids is 1. The van der Waals surface area contributed by atoms with Crippen LogP contribution in [0.4, 0.5) is 26.1 Å². The summed E-state index contributed by atoms with van der Waals surface area (Å²) in [4.78, 5) is 27.1. The van der Waals surface area contributed by atoms with Crippen LogP contribution in [-0.4, -0.2) is 25.8 Å². The van der Waals surface area contributed by atoms with Crippen LogP contribution in [0, 0.1) is 13.8 Å². The number of pyridine rings is 1. The van der Waals surface area contributed by atoms with Crippen molar-refractivity contribution in [3.8, 4) is 5.75 Å². The third-order valence-electron chi connectivity index (χ3n) is 3.72. The van der Waals surface area contributed by atoms with Gasteiger partial charge < -0.3 is 19.8 Å². The molecule has 9 nitrogen and oxygen atoms in total. The smallest absolute Gasteiger partial charge is 0.303 e. The summed E-state index contributed by atoms with van der Waals surface area (Å²) >= 11 is 0. The van der Waals surface area contributed by atoms with Gasteiger partial charge in [0.15, 0.2) is 17.4 Å². The first-order chi connectivity index (χ1) is 14.1. The Hall–Kier alpha value is -3.63. The van der Waals surface area contributed by atoms with Crippen molar-refractivity contribution >= 4 is 23.2 Å². The minimum absolute atomic E-state index is 0.0672. The summed E-state index contributed by atoms with van der Waals surface area (Å²) in [5.41, 5.74) is 0.716. The molecule has 0 unspecified atom stereocenters. The fourth-order valence-corrected chi connectivity index (χ4v) is 2.49. The maximum atomic E-state index is 13.7. The van der Waals surface area contributed by atoms with E-state index in [0.29, 0.717) is 28.8 Å². The minimum atomic E-state index is -3.20. The average Bonchev–Trinajstić information content (AvgIpc) is 3.04. The Bertz CT molecular complexity index is 1060. The fourth-order valence-electron chi connectivity index (χ4n) is 2.49. The maximum Gasteiger partial charge on any atom is 0.303 e. The van der Waals surface area contributed by atoms with Crippen molar-refractivity contribution in [1.29, 1.82) is 0 Å². The van der Waals surface area contributed by atoms with Crippen LogP contribution in [-0.2, 0) is 17.3 Å². The molecule has 0 spiro atoms. The van der Waals surface area contributed by atoms with Gasteiger partial charge in [0.05, 0.1) is 18.1 Å². The Kier molecular flexibility index (Phi) is 5.90. The Balaban J connectivity index is 1.92. The Morgan fingerprint density at radius 3 is 2.57 bits per heavy atom. The van der Waals surface area contributed by atoms with Crippen LogP contribution in [0.15, 0.2) is 28.9 Å². The first-order valence-corrected chi connectivity index (χ1v) is 8.93. The number of aryl methyl sites for hydroxylation is 2. The molecule has 0 aliphatic heterocycles. The number of oxazole rings is 1. The third-order valence-corrected chi connectivity index (χ3v) is 3.72. The van der Waals surface area contributed by atoms with Crippen molar-refractivity contribution in [1.82, 2.24) is 19.9 Å². The summed E-state index contributed by atoms with van der Waals surface area (Å²) in [5, 5.41) is 5.49. The van der Waals surface area contributed by atoms with E-state index in [1.54, 1.807) is 13.8 Å². The number of hydrogen-bond donors (Lipinski definition) is 2. The lowest BCUT2D eigenvalue weighted by Crippen LogP contribution is -2.14. The molecule has 3 rings (SSSR count). The number of alkyl halides is 2. The molecule has 0 aliphatic carbocycles. The predicted molar refractivity (Wildman–Crippen MR) is 104 cm³/mol. The van der Waals surface area contributed by atoms with Crippen molar-refractivity contribution in [3.63, 3.8) is 0 Å². The van der Waals surface area contributed by atoms with Crippen LogP contribution < -0.4 is 15.4 Å². The molecule has 0 fully saturated rings. The Morgan fingerprint density at radius 2 is 1.93 bits per heavy atom. The molecule has 0 saturated carbocycles. The van der Waals surface area contributed by atoms with E-state index in [1.807, 2.05) is 0 Å². The van der Waals surface area contributed by atoms with Crippen molar-refractivity contribution < 1.29 is 22.7 Å². The molecule has 1 amide bonds. The van der Waals surface area contributed by atoms with Gasteiger partial charge in [-0.3, -0.25) is 4.79 Å². The minimum Gasteiger partial charge on any atom is -0.482 e. The van der Waals surface area contributed by atoms with Gasteiger partial charge in [0, 0.05) is 38.6 Å². The number of halogens is 2. The molecule has 0 atom stereocenters. The molecule has 2 N–H and O–H groups in total. The first-order valence-electron chi connectivity index (χ1n) is 8.93. The van der Waals surface area contributed by atoms with Crippen molar-refractivity contribution in [2.75, 3.05) is 10.6 Å². The molecule has 0 aromatic carbocycles. The molecule has 158 valence electrons. The molecule has 11 heteroatoms. The van der Waals surface area contributed by atoms with Gasteiger partial charge in [0.2, 0.25) is 11.7 Å². The second-order valence-electron chi connectivity index (χ2n) is 6.61. The Morgan fingerprint density at radius 1 is 1.17 bits per heavy atom. The number of amides is 1. The lowest BCUT2D eigenvalue weighted by Gasteiger charge is -2.15. The van der Waals surface area contributed by atoms with E-state index in [2.05, 4.69) is 30.6 Å². The summed E-state index contributed by atoms with van der Waals surface area (Å²) in [6, 6.07) is 3.01. The quantitative estimate of drug-likeness (QED) is 0.594. The lowest BCUT2D eigenvalue weighted by molar-refractivity contribution is -0.114. The summed E-state index contributed by atoms with van der Waals surface area (Å²) in [5.74, 6) is -2.46. The van der Waals surface area contributed by atoms with Crippen LogP contribution >= 0.6 is 0 Å². The van der Waals surface area contributed by atoms with Crippen molar-refractivity contribution in [3.05, 3.63) is 47.7 Å². The topological polar surface area (TPSA) is 115 Å².